The van der Waals surface area contributed by atoms with Crippen molar-refractivity contribution in [1.82, 2.24) is 19.9 Å². The predicted molar refractivity (Wildman–Crippen MR) is 152 cm³/mol. The molecule has 0 amide bonds. The highest BCUT2D eigenvalue weighted by Crippen LogP contribution is 2.33. The summed E-state index contributed by atoms with van der Waals surface area (Å²) in [5.41, 5.74) is 6.06. The van der Waals surface area contributed by atoms with Crippen LogP contribution in [0.5, 0.6) is 0 Å². The molecule has 0 aromatic carbocycles. The number of nitrogens with two attached hydrogens (primary N) is 1. The SMILES string of the molecule is CC(C)(C)OC1CCN(c2ncnc(Cl)c2[N+](=O)[O-])CC1.CC(C)(C)OC1CCN(c2ncncc2N)CC1. The molecule has 2 fully saturated rings. The van der Waals surface area contributed by atoms with Crippen LogP contribution in [0.2, 0.25) is 5.15 Å². The van der Waals surface area contributed by atoms with Gasteiger partial charge in [0.1, 0.15) is 12.7 Å². The maximum absolute atomic E-state index is 11.1. The Balaban J connectivity index is 0.000000218. The molecule has 39 heavy (non-hydrogen) atoms. The van der Waals surface area contributed by atoms with E-state index in [4.69, 9.17) is 26.8 Å². The second-order valence-electron chi connectivity index (χ2n) is 11.7. The molecule has 13 heteroatoms. The molecular weight excluding hydrogens is 524 g/mol. The third kappa shape index (κ3) is 9.40. The molecule has 0 aliphatic carbocycles. The number of halogens is 1. The summed E-state index contributed by atoms with van der Waals surface area (Å²) in [5.74, 6) is 1.13. The van der Waals surface area contributed by atoms with Gasteiger partial charge >= 0.3 is 5.69 Å². The van der Waals surface area contributed by atoms with Gasteiger partial charge in [-0.25, -0.2) is 19.9 Å². The van der Waals surface area contributed by atoms with Gasteiger partial charge in [-0.2, -0.15) is 0 Å². The van der Waals surface area contributed by atoms with Crippen molar-refractivity contribution in [3.63, 3.8) is 0 Å². The molecule has 4 heterocycles. The van der Waals surface area contributed by atoms with E-state index in [0.717, 1.165) is 44.6 Å². The molecule has 0 bridgehead atoms. The minimum atomic E-state index is -0.532. The van der Waals surface area contributed by atoms with Gasteiger partial charge < -0.3 is 25.0 Å². The van der Waals surface area contributed by atoms with Crippen LogP contribution in [0.15, 0.2) is 18.9 Å². The van der Waals surface area contributed by atoms with Crippen LogP contribution < -0.4 is 15.5 Å². The average Bonchev–Trinajstić information content (AvgIpc) is 2.83. The topological polar surface area (TPSA) is 146 Å². The van der Waals surface area contributed by atoms with Crippen LogP contribution in [-0.2, 0) is 9.47 Å². The van der Waals surface area contributed by atoms with Crippen LogP contribution >= 0.6 is 11.6 Å². The zero-order chi connectivity index (χ0) is 28.8. The van der Waals surface area contributed by atoms with Crippen LogP contribution in [0.4, 0.5) is 23.0 Å². The Morgan fingerprint density at radius 1 is 0.872 bits per heavy atom. The maximum atomic E-state index is 11.1. The summed E-state index contributed by atoms with van der Waals surface area (Å²) in [6.07, 6.45) is 8.58. The third-order valence-corrected chi connectivity index (χ3v) is 6.46. The van der Waals surface area contributed by atoms with E-state index < -0.39 is 4.92 Å². The molecule has 4 rings (SSSR count). The van der Waals surface area contributed by atoms with Gasteiger partial charge in [-0.3, -0.25) is 10.1 Å². The van der Waals surface area contributed by atoms with E-state index in [0.29, 0.717) is 24.9 Å². The smallest absolute Gasteiger partial charge is 0.348 e. The molecule has 0 atom stereocenters. The Morgan fingerprint density at radius 2 is 1.33 bits per heavy atom. The Labute approximate surface area is 235 Å². The molecule has 2 aromatic heterocycles. The first kappa shape index (κ1) is 30.7. The van der Waals surface area contributed by atoms with E-state index in [1.54, 1.807) is 12.5 Å². The molecule has 2 N–H and O–H groups in total. The van der Waals surface area contributed by atoms with E-state index in [1.165, 1.54) is 6.33 Å². The lowest BCUT2D eigenvalue weighted by atomic mass is 10.1. The summed E-state index contributed by atoms with van der Waals surface area (Å²) in [4.78, 5) is 30.6. The van der Waals surface area contributed by atoms with Crippen molar-refractivity contribution < 1.29 is 14.4 Å². The van der Waals surface area contributed by atoms with Crippen molar-refractivity contribution in [2.24, 2.45) is 0 Å². The fourth-order valence-electron chi connectivity index (χ4n) is 4.71. The number of hydrogen-bond acceptors (Lipinski definition) is 11. The number of aromatic nitrogens is 4. The summed E-state index contributed by atoms with van der Waals surface area (Å²) >= 11 is 5.82. The Kier molecular flexibility index (Phi) is 10.2. The Hall–Kier alpha value is -2.83. The van der Waals surface area contributed by atoms with E-state index in [-0.39, 0.29) is 34.0 Å². The number of rotatable bonds is 5. The molecule has 2 aliphatic rings. The molecule has 2 aromatic rings. The highest BCUT2D eigenvalue weighted by atomic mass is 35.5. The highest BCUT2D eigenvalue weighted by Gasteiger charge is 2.31. The summed E-state index contributed by atoms with van der Waals surface area (Å²) in [6, 6.07) is 0. The standard InChI is InChI=1S/C13H19ClN4O3.C13H22N4O/c1-13(2,3)21-9-4-6-17(7-5-9)12-10(18(19)20)11(14)15-8-16-12;1-13(2,3)18-10-4-6-17(7-5-10)12-11(14)8-15-9-16-12/h8-9H,4-7H2,1-3H3;8-10H,4-7,14H2,1-3H3. The van der Waals surface area contributed by atoms with Gasteiger partial charge in [-0.15, -0.1) is 0 Å². The first-order chi connectivity index (χ1) is 18.2. The molecule has 2 saturated heterocycles. The number of anilines is 3. The number of piperidine rings is 2. The van der Waals surface area contributed by atoms with Crippen LogP contribution in [0.1, 0.15) is 67.2 Å². The number of nitro groups is 1. The number of ether oxygens (including phenoxy) is 2. The van der Waals surface area contributed by atoms with Crippen molar-refractivity contribution in [2.45, 2.75) is 90.6 Å². The van der Waals surface area contributed by atoms with Crippen molar-refractivity contribution in [1.29, 1.82) is 0 Å². The lowest BCUT2D eigenvalue weighted by Crippen LogP contribution is -2.40. The van der Waals surface area contributed by atoms with Crippen molar-refractivity contribution in [3.8, 4) is 0 Å². The lowest BCUT2D eigenvalue weighted by Gasteiger charge is -2.36. The van der Waals surface area contributed by atoms with Crippen LogP contribution in [0, 0.1) is 10.1 Å². The summed E-state index contributed by atoms with van der Waals surface area (Å²) in [7, 11) is 0. The molecule has 2 aliphatic heterocycles. The minimum absolute atomic E-state index is 0.0687. The minimum Gasteiger partial charge on any atom is -0.394 e. The van der Waals surface area contributed by atoms with Crippen molar-refractivity contribution in [3.05, 3.63) is 34.1 Å². The summed E-state index contributed by atoms with van der Waals surface area (Å²) < 4.78 is 11.9. The Bertz CT molecular complexity index is 1090. The van der Waals surface area contributed by atoms with Crippen LogP contribution in [0.25, 0.3) is 0 Å². The molecule has 12 nitrogen and oxygen atoms in total. The molecule has 0 unspecified atom stereocenters. The fourth-order valence-corrected chi connectivity index (χ4v) is 4.90. The summed E-state index contributed by atoms with van der Waals surface area (Å²) in [6.45, 7) is 15.5. The number of hydrogen-bond donors (Lipinski definition) is 1. The zero-order valence-electron chi connectivity index (χ0n) is 23.8. The van der Waals surface area contributed by atoms with E-state index >= 15 is 0 Å². The second kappa shape index (κ2) is 13.0. The largest absolute Gasteiger partial charge is 0.394 e. The number of nitrogen functional groups attached to an aromatic ring is 1. The fraction of sp³-hybridized carbons (Fsp3) is 0.692. The molecule has 216 valence electrons. The molecule has 0 saturated carbocycles. The van der Waals surface area contributed by atoms with Gasteiger partial charge in [0.05, 0.1) is 40.2 Å². The quantitative estimate of drug-likeness (QED) is 0.307. The van der Waals surface area contributed by atoms with Gasteiger partial charge in [0.2, 0.25) is 11.0 Å². The zero-order valence-corrected chi connectivity index (χ0v) is 24.5. The average molecular weight is 565 g/mol. The molecule has 0 spiro atoms. The maximum Gasteiger partial charge on any atom is 0.348 e. The van der Waals surface area contributed by atoms with Gasteiger partial charge in [0, 0.05) is 26.2 Å². The van der Waals surface area contributed by atoms with Crippen LogP contribution in [-0.4, -0.2) is 74.4 Å². The van der Waals surface area contributed by atoms with E-state index in [2.05, 4.69) is 45.6 Å². The van der Waals surface area contributed by atoms with Gasteiger partial charge in [-0.1, -0.05) is 11.6 Å². The predicted octanol–water partition coefficient (Wildman–Crippen LogP) is 4.66. The molecule has 0 radical (unpaired) electrons. The summed E-state index contributed by atoms with van der Waals surface area (Å²) in [5, 5.41) is 11.0. The van der Waals surface area contributed by atoms with E-state index in [1.807, 2.05) is 25.7 Å². The first-order valence-electron chi connectivity index (χ1n) is 13.3. The number of nitrogens with zero attached hydrogens (tertiary/aromatic N) is 7. The monoisotopic (exact) mass is 564 g/mol. The second-order valence-corrected chi connectivity index (χ2v) is 12.1. The molecular formula is C26H41ClN8O4. The van der Waals surface area contributed by atoms with E-state index in [9.17, 15) is 10.1 Å². The highest BCUT2D eigenvalue weighted by molar-refractivity contribution is 6.31. The first-order valence-corrected chi connectivity index (χ1v) is 13.7. The van der Waals surface area contributed by atoms with Crippen molar-refractivity contribution >= 4 is 34.6 Å². The van der Waals surface area contributed by atoms with Crippen LogP contribution in [0.3, 0.4) is 0 Å². The third-order valence-electron chi connectivity index (χ3n) is 6.18. The normalized spacial score (nSPS) is 17.5. The van der Waals surface area contributed by atoms with Gasteiger partial charge in [0.25, 0.3) is 0 Å². The van der Waals surface area contributed by atoms with Gasteiger partial charge in [-0.05, 0) is 67.2 Å². The lowest BCUT2D eigenvalue weighted by molar-refractivity contribution is -0.384. The van der Waals surface area contributed by atoms with Gasteiger partial charge in [0.15, 0.2) is 5.82 Å². The Morgan fingerprint density at radius 3 is 1.77 bits per heavy atom. The van der Waals surface area contributed by atoms with Crippen molar-refractivity contribution in [2.75, 3.05) is 41.7 Å².